The predicted octanol–water partition coefficient (Wildman–Crippen LogP) is 3.23. The largest absolute Gasteiger partial charge is 0.444 e. The fourth-order valence-electron chi connectivity index (χ4n) is 3.06. The first kappa shape index (κ1) is 15.4. The monoisotopic (exact) mass is 381 g/mol. The summed E-state index contributed by atoms with van der Waals surface area (Å²) in [6, 6.07) is 0. The molecule has 0 radical (unpaired) electrons. The van der Waals surface area contributed by atoms with E-state index in [1.54, 1.807) is 0 Å². The highest BCUT2D eigenvalue weighted by atomic mass is 127. The van der Waals surface area contributed by atoms with Gasteiger partial charge < -0.3 is 14.4 Å². The average molecular weight is 381 g/mol. The summed E-state index contributed by atoms with van der Waals surface area (Å²) in [6.07, 6.45) is 3.40. The van der Waals surface area contributed by atoms with Crippen molar-refractivity contribution in [1.82, 2.24) is 4.90 Å². The molecule has 0 aromatic rings. The number of amides is 1. The number of alkyl halides is 1. The number of halogens is 1. The van der Waals surface area contributed by atoms with Crippen molar-refractivity contribution >= 4 is 28.7 Å². The quantitative estimate of drug-likeness (QED) is 0.517. The van der Waals surface area contributed by atoms with Gasteiger partial charge in [-0.15, -0.1) is 0 Å². The zero-order valence-corrected chi connectivity index (χ0v) is 14.2. The Kier molecular flexibility index (Phi) is 4.65. The molecule has 19 heavy (non-hydrogen) atoms. The molecule has 2 saturated heterocycles. The smallest absolute Gasteiger partial charge is 0.410 e. The average Bonchev–Trinajstić information content (AvgIpc) is 2.69. The summed E-state index contributed by atoms with van der Waals surface area (Å²) in [5.74, 6) is 0. The molecule has 2 aliphatic rings. The Balaban J connectivity index is 2.03. The van der Waals surface area contributed by atoms with E-state index in [9.17, 15) is 4.79 Å². The Morgan fingerprint density at radius 1 is 1.47 bits per heavy atom. The molecule has 5 heteroatoms. The number of piperidine rings is 1. The molecule has 0 bridgehead atoms. The molecule has 4 nitrogen and oxygen atoms in total. The first-order valence-corrected chi connectivity index (χ1v) is 8.54. The molecule has 2 rings (SSSR count). The summed E-state index contributed by atoms with van der Waals surface area (Å²) in [6.45, 7) is 8.17. The van der Waals surface area contributed by atoms with Gasteiger partial charge in [0.25, 0.3) is 0 Å². The van der Waals surface area contributed by atoms with Crippen molar-refractivity contribution in [1.29, 1.82) is 0 Å². The number of carbonyl (C=O) groups excluding carboxylic acids is 1. The number of ether oxygens (including phenoxy) is 2. The highest BCUT2D eigenvalue weighted by molar-refractivity contribution is 14.1. The maximum Gasteiger partial charge on any atom is 0.410 e. The van der Waals surface area contributed by atoms with Crippen molar-refractivity contribution in [3.8, 4) is 0 Å². The van der Waals surface area contributed by atoms with Gasteiger partial charge in [-0.1, -0.05) is 22.6 Å². The van der Waals surface area contributed by atoms with Crippen LogP contribution in [-0.4, -0.2) is 46.8 Å². The van der Waals surface area contributed by atoms with Gasteiger partial charge in [-0.05, 0) is 40.0 Å². The van der Waals surface area contributed by atoms with E-state index in [0.29, 0.717) is 6.10 Å². The van der Waals surface area contributed by atoms with Crippen LogP contribution in [0.5, 0.6) is 0 Å². The summed E-state index contributed by atoms with van der Waals surface area (Å²) in [7, 11) is 0. The van der Waals surface area contributed by atoms with E-state index in [0.717, 1.165) is 37.0 Å². The van der Waals surface area contributed by atoms with Crippen LogP contribution in [0.2, 0.25) is 0 Å². The van der Waals surface area contributed by atoms with Crippen molar-refractivity contribution in [2.75, 3.05) is 24.1 Å². The zero-order valence-electron chi connectivity index (χ0n) is 12.1. The molecule has 0 saturated carbocycles. The van der Waals surface area contributed by atoms with Gasteiger partial charge in [-0.3, -0.25) is 0 Å². The van der Waals surface area contributed by atoms with Crippen LogP contribution in [0.3, 0.4) is 0 Å². The van der Waals surface area contributed by atoms with Gasteiger partial charge in [0.15, 0.2) is 0 Å². The van der Waals surface area contributed by atoms with Crippen LogP contribution >= 0.6 is 22.6 Å². The molecular formula is C14H24INO3. The van der Waals surface area contributed by atoms with Crippen molar-refractivity contribution in [3.05, 3.63) is 0 Å². The summed E-state index contributed by atoms with van der Waals surface area (Å²) in [5.41, 5.74) is -0.257. The number of hydrogen-bond donors (Lipinski definition) is 0. The van der Waals surface area contributed by atoms with E-state index in [1.165, 1.54) is 6.42 Å². The lowest BCUT2D eigenvalue weighted by Gasteiger charge is -2.42. The normalized spacial score (nSPS) is 31.8. The maximum absolute atomic E-state index is 12.2. The second-order valence-electron chi connectivity index (χ2n) is 6.63. The number of nitrogens with zero attached hydrogens (tertiary/aromatic N) is 1. The number of rotatable bonds is 1. The van der Waals surface area contributed by atoms with E-state index in [1.807, 2.05) is 25.7 Å². The van der Waals surface area contributed by atoms with Crippen molar-refractivity contribution < 1.29 is 14.3 Å². The van der Waals surface area contributed by atoms with Gasteiger partial charge in [-0.2, -0.15) is 0 Å². The third kappa shape index (κ3) is 3.54. The van der Waals surface area contributed by atoms with Gasteiger partial charge in [0.05, 0.1) is 6.10 Å². The highest BCUT2D eigenvalue weighted by Gasteiger charge is 2.47. The third-order valence-corrected chi connectivity index (χ3v) is 4.80. The highest BCUT2D eigenvalue weighted by Crippen LogP contribution is 2.43. The van der Waals surface area contributed by atoms with E-state index in [4.69, 9.17) is 9.47 Å². The van der Waals surface area contributed by atoms with Crippen LogP contribution in [0, 0.1) is 5.41 Å². The van der Waals surface area contributed by atoms with Crippen LogP contribution in [-0.2, 0) is 9.47 Å². The third-order valence-electron chi connectivity index (χ3n) is 4.00. The van der Waals surface area contributed by atoms with Crippen molar-refractivity contribution in [2.45, 2.75) is 51.7 Å². The molecule has 2 heterocycles. The maximum atomic E-state index is 12.2. The van der Waals surface area contributed by atoms with E-state index in [-0.39, 0.29) is 11.5 Å². The topological polar surface area (TPSA) is 38.8 Å². The van der Waals surface area contributed by atoms with Crippen LogP contribution in [0.4, 0.5) is 4.79 Å². The predicted molar refractivity (Wildman–Crippen MR) is 82.7 cm³/mol. The lowest BCUT2D eigenvalue weighted by atomic mass is 9.75. The van der Waals surface area contributed by atoms with E-state index in [2.05, 4.69) is 22.6 Å². The van der Waals surface area contributed by atoms with Crippen LogP contribution < -0.4 is 0 Å². The SMILES string of the molecule is CC(C)(C)OC(=O)N1CCCC2(CCOC2CI)C1. The van der Waals surface area contributed by atoms with Gasteiger partial charge in [-0.25, -0.2) is 4.79 Å². The molecule has 2 unspecified atom stereocenters. The van der Waals surface area contributed by atoms with Gasteiger partial charge >= 0.3 is 6.09 Å². The van der Waals surface area contributed by atoms with E-state index < -0.39 is 5.60 Å². The Bertz CT molecular complexity index is 342. The summed E-state index contributed by atoms with van der Waals surface area (Å²) >= 11 is 2.39. The summed E-state index contributed by atoms with van der Waals surface area (Å²) < 4.78 is 12.3. The molecule has 2 fully saturated rings. The molecule has 0 aromatic carbocycles. The first-order chi connectivity index (χ1) is 8.86. The van der Waals surface area contributed by atoms with Gasteiger partial charge in [0.2, 0.25) is 0 Å². The first-order valence-electron chi connectivity index (χ1n) is 7.02. The van der Waals surface area contributed by atoms with Crippen LogP contribution in [0.25, 0.3) is 0 Å². The number of likely N-dealkylation sites (tertiary alicyclic amines) is 1. The summed E-state index contributed by atoms with van der Waals surface area (Å²) in [5, 5.41) is 0. The molecule has 110 valence electrons. The number of hydrogen-bond acceptors (Lipinski definition) is 3. The molecule has 0 N–H and O–H groups in total. The Morgan fingerprint density at radius 2 is 2.21 bits per heavy atom. The van der Waals surface area contributed by atoms with Crippen molar-refractivity contribution in [3.63, 3.8) is 0 Å². The fourth-order valence-corrected chi connectivity index (χ4v) is 4.25. The molecule has 1 amide bonds. The Hall–Kier alpha value is -0.0400. The van der Waals surface area contributed by atoms with Crippen LogP contribution in [0.1, 0.15) is 40.0 Å². The Labute approximate surface area is 129 Å². The Morgan fingerprint density at radius 3 is 2.84 bits per heavy atom. The second-order valence-corrected chi connectivity index (χ2v) is 7.51. The van der Waals surface area contributed by atoms with Gasteiger partial charge in [0, 0.05) is 29.5 Å². The molecule has 1 spiro atoms. The molecular weight excluding hydrogens is 357 g/mol. The minimum absolute atomic E-state index is 0.163. The lowest BCUT2D eigenvalue weighted by molar-refractivity contribution is -0.0124. The minimum atomic E-state index is -0.420. The van der Waals surface area contributed by atoms with Gasteiger partial charge in [0.1, 0.15) is 5.60 Å². The molecule has 0 aliphatic carbocycles. The second kappa shape index (κ2) is 5.76. The molecule has 0 aromatic heterocycles. The fraction of sp³-hybridized carbons (Fsp3) is 0.929. The zero-order chi connectivity index (χ0) is 14.1. The standard InChI is InChI=1S/C14H24INO3/c1-13(2,3)19-12(17)16-7-4-5-14(10-16)6-8-18-11(14)9-15/h11H,4-10H2,1-3H3. The molecule has 2 atom stereocenters. The summed E-state index contributed by atoms with van der Waals surface area (Å²) in [4.78, 5) is 14.1. The van der Waals surface area contributed by atoms with Crippen molar-refractivity contribution in [2.24, 2.45) is 5.41 Å². The number of carbonyl (C=O) groups is 1. The molecule has 2 aliphatic heterocycles. The minimum Gasteiger partial charge on any atom is -0.444 e. The van der Waals surface area contributed by atoms with E-state index >= 15 is 0 Å². The lowest BCUT2D eigenvalue weighted by Crippen LogP contribution is -2.51. The van der Waals surface area contributed by atoms with Crippen LogP contribution in [0.15, 0.2) is 0 Å².